The molecular weight excluding hydrogens is 238 g/mol. The molecule has 16 heavy (non-hydrogen) atoms. The Morgan fingerprint density at radius 1 is 1.31 bits per heavy atom. The van der Waals surface area contributed by atoms with Crippen molar-refractivity contribution >= 4 is 23.1 Å². The predicted molar refractivity (Wildman–Crippen MR) is 70.0 cm³/mol. The molecule has 0 unspecified atom stereocenters. The van der Waals surface area contributed by atoms with E-state index in [0.29, 0.717) is 0 Å². The molecular formula is C12H15NOS2. The SMILES string of the molecule is CCNCc1ccc(CSc2cccs2)o1. The summed E-state index contributed by atoms with van der Waals surface area (Å²) in [5.74, 6) is 2.97. The number of furan rings is 1. The molecule has 2 aromatic heterocycles. The van der Waals surface area contributed by atoms with Crippen molar-refractivity contribution in [2.75, 3.05) is 6.54 Å². The molecule has 0 radical (unpaired) electrons. The van der Waals surface area contributed by atoms with Crippen molar-refractivity contribution in [3.8, 4) is 0 Å². The maximum absolute atomic E-state index is 5.71. The topological polar surface area (TPSA) is 25.2 Å². The number of nitrogens with one attached hydrogen (secondary N) is 1. The number of hydrogen-bond donors (Lipinski definition) is 1. The summed E-state index contributed by atoms with van der Waals surface area (Å²) < 4.78 is 7.04. The van der Waals surface area contributed by atoms with Gasteiger partial charge in [-0.15, -0.1) is 23.1 Å². The lowest BCUT2D eigenvalue weighted by atomic mass is 10.4. The molecule has 0 amide bonds. The van der Waals surface area contributed by atoms with Gasteiger partial charge in [-0.25, -0.2) is 0 Å². The van der Waals surface area contributed by atoms with Crippen molar-refractivity contribution in [1.82, 2.24) is 5.32 Å². The Bertz CT molecular complexity index is 408. The smallest absolute Gasteiger partial charge is 0.117 e. The summed E-state index contributed by atoms with van der Waals surface area (Å²) >= 11 is 3.59. The zero-order valence-electron chi connectivity index (χ0n) is 9.23. The summed E-state index contributed by atoms with van der Waals surface area (Å²) in [6, 6.07) is 8.32. The van der Waals surface area contributed by atoms with Crippen LogP contribution in [0.15, 0.2) is 38.3 Å². The standard InChI is InChI=1S/C12H15NOS2/c1-2-13-8-10-5-6-11(14-10)9-16-12-4-3-7-15-12/h3-7,13H,2,8-9H2,1H3. The quantitative estimate of drug-likeness (QED) is 0.794. The fraction of sp³-hybridized carbons (Fsp3) is 0.333. The van der Waals surface area contributed by atoms with E-state index >= 15 is 0 Å². The van der Waals surface area contributed by atoms with Crippen molar-refractivity contribution in [3.63, 3.8) is 0 Å². The summed E-state index contributed by atoms with van der Waals surface area (Å²) in [7, 11) is 0. The number of thioether (sulfide) groups is 1. The minimum absolute atomic E-state index is 0.820. The van der Waals surface area contributed by atoms with Crippen LogP contribution in [0.1, 0.15) is 18.4 Å². The van der Waals surface area contributed by atoms with Gasteiger partial charge in [0.25, 0.3) is 0 Å². The molecule has 2 rings (SSSR count). The van der Waals surface area contributed by atoms with E-state index in [0.717, 1.165) is 30.4 Å². The van der Waals surface area contributed by atoms with Crippen molar-refractivity contribution in [2.24, 2.45) is 0 Å². The van der Waals surface area contributed by atoms with Crippen molar-refractivity contribution in [3.05, 3.63) is 41.2 Å². The van der Waals surface area contributed by atoms with Gasteiger partial charge in [0.2, 0.25) is 0 Å². The van der Waals surface area contributed by atoms with Crippen LogP contribution in [-0.2, 0) is 12.3 Å². The molecule has 0 saturated carbocycles. The first-order chi connectivity index (χ1) is 7.88. The zero-order valence-corrected chi connectivity index (χ0v) is 10.9. The van der Waals surface area contributed by atoms with Crippen LogP contribution in [0.2, 0.25) is 0 Å². The monoisotopic (exact) mass is 253 g/mol. The summed E-state index contributed by atoms with van der Waals surface area (Å²) in [5, 5.41) is 5.35. The van der Waals surface area contributed by atoms with E-state index < -0.39 is 0 Å². The Kier molecular flexibility index (Phi) is 4.51. The molecule has 0 aliphatic heterocycles. The third-order valence-electron chi connectivity index (χ3n) is 2.12. The number of thiophene rings is 1. The van der Waals surface area contributed by atoms with Gasteiger partial charge in [-0.3, -0.25) is 0 Å². The molecule has 2 aromatic rings. The van der Waals surface area contributed by atoms with Crippen LogP contribution in [-0.4, -0.2) is 6.54 Å². The highest BCUT2D eigenvalue weighted by molar-refractivity contribution is 8.00. The van der Waals surface area contributed by atoms with Gasteiger partial charge < -0.3 is 9.73 Å². The highest BCUT2D eigenvalue weighted by Crippen LogP contribution is 2.27. The van der Waals surface area contributed by atoms with Gasteiger partial charge in [0.1, 0.15) is 11.5 Å². The van der Waals surface area contributed by atoms with Crippen LogP contribution in [0.3, 0.4) is 0 Å². The van der Waals surface area contributed by atoms with E-state index in [2.05, 4.69) is 35.8 Å². The van der Waals surface area contributed by atoms with Gasteiger partial charge in [-0.1, -0.05) is 13.0 Å². The fourth-order valence-electron chi connectivity index (χ4n) is 1.33. The average molecular weight is 253 g/mol. The molecule has 0 spiro atoms. The first kappa shape index (κ1) is 11.8. The minimum Gasteiger partial charge on any atom is -0.464 e. The van der Waals surface area contributed by atoms with E-state index in [1.807, 2.05) is 17.8 Å². The number of rotatable bonds is 6. The van der Waals surface area contributed by atoms with E-state index in [-0.39, 0.29) is 0 Å². The molecule has 0 atom stereocenters. The Balaban J connectivity index is 1.83. The summed E-state index contributed by atoms with van der Waals surface area (Å²) in [6.45, 7) is 3.89. The lowest BCUT2D eigenvalue weighted by molar-refractivity contribution is 0.463. The van der Waals surface area contributed by atoms with Gasteiger partial charge in [-0.2, -0.15) is 0 Å². The van der Waals surface area contributed by atoms with Gasteiger partial charge in [0, 0.05) is 0 Å². The molecule has 0 aliphatic rings. The molecule has 4 heteroatoms. The maximum atomic E-state index is 5.71. The molecule has 0 saturated heterocycles. The Labute approximate surface area is 104 Å². The average Bonchev–Trinajstić information content (AvgIpc) is 2.95. The largest absolute Gasteiger partial charge is 0.464 e. The van der Waals surface area contributed by atoms with Crippen LogP contribution in [0.4, 0.5) is 0 Å². The first-order valence-corrected chi connectivity index (χ1v) is 7.19. The molecule has 2 heterocycles. The van der Waals surface area contributed by atoms with Crippen LogP contribution in [0.25, 0.3) is 0 Å². The molecule has 86 valence electrons. The van der Waals surface area contributed by atoms with Crippen molar-refractivity contribution < 1.29 is 4.42 Å². The molecule has 0 bridgehead atoms. The lowest BCUT2D eigenvalue weighted by Crippen LogP contribution is -2.10. The molecule has 0 fully saturated rings. The van der Waals surface area contributed by atoms with Crippen LogP contribution >= 0.6 is 23.1 Å². The minimum atomic E-state index is 0.820. The van der Waals surface area contributed by atoms with E-state index in [1.54, 1.807) is 11.3 Å². The van der Waals surface area contributed by atoms with E-state index in [9.17, 15) is 0 Å². The second-order valence-corrected chi connectivity index (χ2v) is 5.59. The normalized spacial score (nSPS) is 10.8. The first-order valence-electron chi connectivity index (χ1n) is 5.33. The molecule has 0 aromatic carbocycles. The van der Waals surface area contributed by atoms with Crippen LogP contribution in [0, 0.1) is 0 Å². The van der Waals surface area contributed by atoms with Gasteiger partial charge in [-0.05, 0) is 30.1 Å². The summed E-state index contributed by atoms with van der Waals surface area (Å²) in [5.41, 5.74) is 0. The van der Waals surface area contributed by atoms with Gasteiger partial charge in [0.15, 0.2) is 0 Å². The van der Waals surface area contributed by atoms with Gasteiger partial charge >= 0.3 is 0 Å². The third kappa shape index (κ3) is 3.40. The van der Waals surface area contributed by atoms with Crippen LogP contribution < -0.4 is 5.32 Å². The molecule has 1 N–H and O–H groups in total. The number of hydrogen-bond acceptors (Lipinski definition) is 4. The van der Waals surface area contributed by atoms with E-state index in [1.165, 1.54) is 4.21 Å². The highest BCUT2D eigenvalue weighted by atomic mass is 32.2. The maximum Gasteiger partial charge on any atom is 0.117 e. The van der Waals surface area contributed by atoms with E-state index in [4.69, 9.17) is 4.42 Å². The summed E-state index contributed by atoms with van der Waals surface area (Å²) in [6.07, 6.45) is 0. The van der Waals surface area contributed by atoms with Crippen LogP contribution in [0.5, 0.6) is 0 Å². The van der Waals surface area contributed by atoms with Gasteiger partial charge in [0.05, 0.1) is 16.5 Å². The van der Waals surface area contributed by atoms with Crippen molar-refractivity contribution in [2.45, 2.75) is 23.4 Å². The summed E-state index contributed by atoms with van der Waals surface area (Å²) in [4.78, 5) is 0. The highest BCUT2D eigenvalue weighted by Gasteiger charge is 2.02. The Morgan fingerprint density at radius 2 is 2.19 bits per heavy atom. The Hall–Kier alpha value is -0.710. The second kappa shape index (κ2) is 6.13. The second-order valence-electron chi connectivity index (χ2n) is 3.37. The molecule has 2 nitrogen and oxygen atoms in total. The third-order valence-corrected chi connectivity index (χ3v) is 4.27. The Morgan fingerprint density at radius 3 is 2.94 bits per heavy atom. The molecule has 0 aliphatic carbocycles. The fourth-order valence-corrected chi connectivity index (χ4v) is 3.01. The zero-order chi connectivity index (χ0) is 11.2. The lowest BCUT2D eigenvalue weighted by Gasteiger charge is -1.97. The van der Waals surface area contributed by atoms with Crippen molar-refractivity contribution in [1.29, 1.82) is 0 Å². The predicted octanol–water partition coefficient (Wildman–Crippen LogP) is 3.74.